The molecule has 7 heteroatoms. The van der Waals surface area contributed by atoms with Crippen molar-refractivity contribution >= 4 is 21.6 Å². The zero-order valence-corrected chi connectivity index (χ0v) is 17.2. The summed E-state index contributed by atoms with van der Waals surface area (Å²) in [6.45, 7) is 4.12. The fraction of sp³-hybridized carbons (Fsp3) is 0.400. The van der Waals surface area contributed by atoms with E-state index in [1.165, 1.54) is 13.2 Å². The molecule has 3 rings (SSSR count). The number of sulfonamides is 1. The van der Waals surface area contributed by atoms with Gasteiger partial charge in [-0.05, 0) is 37.1 Å². The van der Waals surface area contributed by atoms with Gasteiger partial charge in [-0.3, -0.25) is 0 Å². The van der Waals surface area contributed by atoms with Gasteiger partial charge in [0.2, 0.25) is 10.0 Å². The molecule has 0 radical (unpaired) electrons. The molecule has 1 aliphatic rings. The van der Waals surface area contributed by atoms with Crippen LogP contribution in [0.15, 0.2) is 47.4 Å². The Kier molecular flexibility index (Phi) is 5.70. The molecule has 0 amide bonds. The van der Waals surface area contributed by atoms with Crippen LogP contribution in [0.4, 0.5) is 0 Å². The molecular formula is C20H24ClNO4S. The predicted octanol–water partition coefficient (Wildman–Crippen LogP) is 4.71. The number of halogens is 1. The second-order valence-corrected chi connectivity index (χ2v) is 8.82. The summed E-state index contributed by atoms with van der Waals surface area (Å²) < 4.78 is 40.6. The van der Waals surface area contributed by atoms with Crippen molar-refractivity contribution in [3.8, 4) is 11.5 Å². The van der Waals surface area contributed by atoms with Crippen LogP contribution in [0.5, 0.6) is 11.5 Å². The molecular weight excluding hydrogens is 386 g/mol. The third-order valence-corrected chi connectivity index (χ3v) is 6.93. The van der Waals surface area contributed by atoms with Crippen molar-refractivity contribution in [3.63, 3.8) is 0 Å². The number of para-hydroxylation sites is 1. The fourth-order valence-electron chi connectivity index (χ4n) is 3.52. The predicted molar refractivity (Wildman–Crippen MR) is 106 cm³/mol. The van der Waals surface area contributed by atoms with Crippen LogP contribution in [-0.4, -0.2) is 21.1 Å². The van der Waals surface area contributed by atoms with Gasteiger partial charge in [0.25, 0.3) is 0 Å². The monoisotopic (exact) mass is 409 g/mol. The Morgan fingerprint density at radius 2 is 1.93 bits per heavy atom. The molecule has 5 nitrogen and oxygen atoms in total. The topological polar surface area (TPSA) is 64.6 Å². The van der Waals surface area contributed by atoms with Crippen molar-refractivity contribution in [3.05, 3.63) is 53.1 Å². The van der Waals surface area contributed by atoms with Crippen LogP contribution in [0.3, 0.4) is 0 Å². The number of benzene rings is 2. The van der Waals surface area contributed by atoms with E-state index in [0.29, 0.717) is 11.4 Å². The molecule has 27 heavy (non-hydrogen) atoms. The largest absolute Gasteiger partial charge is 0.495 e. The molecule has 0 aliphatic carbocycles. The summed E-state index contributed by atoms with van der Waals surface area (Å²) in [5.41, 5.74) is 0.430. The summed E-state index contributed by atoms with van der Waals surface area (Å²) in [5.74, 6) is 0.975. The number of hydrogen-bond donors (Lipinski definition) is 1. The Hall–Kier alpha value is -1.76. The van der Waals surface area contributed by atoms with Crippen molar-refractivity contribution in [1.82, 2.24) is 4.72 Å². The maximum atomic E-state index is 13.1. The van der Waals surface area contributed by atoms with Crippen molar-refractivity contribution in [2.45, 2.75) is 49.6 Å². The van der Waals surface area contributed by atoms with Gasteiger partial charge in [-0.15, -0.1) is 0 Å². The highest BCUT2D eigenvalue weighted by Crippen LogP contribution is 2.43. The van der Waals surface area contributed by atoms with Gasteiger partial charge in [-0.25, -0.2) is 13.1 Å². The molecule has 146 valence electrons. The second-order valence-electron chi connectivity index (χ2n) is 6.70. The third kappa shape index (κ3) is 3.93. The molecule has 1 N–H and O–H groups in total. The first-order chi connectivity index (χ1) is 12.8. The van der Waals surface area contributed by atoms with Crippen LogP contribution in [-0.2, 0) is 10.0 Å². The Morgan fingerprint density at radius 3 is 2.59 bits per heavy atom. The minimum atomic E-state index is -3.85. The van der Waals surface area contributed by atoms with Gasteiger partial charge >= 0.3 is 0 Å². The smallest absolute Gasteiger partial charge is 0.244 e. The zero-order chi connectivity index (χ0) is 19.7. The number of rotatable bonds is 6. The van der Waals surface area contributed by atoms with Crippen molar-refractivity contribution < 1.29 is 17.9 Å². The van der Waals surface area contributed by atoms with E-state index in [2.05, 4.69) is 18.6 Å². The van der Waals surface area contributed by atoms with E-state index in [-0.39, 0.29) is 10.6 Å². The Bertz CT molecular complexity index is 925. The second kappa shape index (κ2) is 7.70. The summed E-state index contributed by atoms with van der Waals surface area (Å²) in [6.07, 6.45) is 2.13. The van der Waals surface area contributed by atoms with E-state index >= 15 is 0 Å². The molecule has 1 atom stereocenters. The first kappa shape index (κ1) is 20.0. The van der Waals surface area contributed by atoms with E-state index in [1.807, 2.05) is 24.3 Å². The van der Waals surface area contributed by atoms with Crippen molar-refractivity contribution in [2.24, 2.45) is 0 Å². The molecule has 0 fully saturated rings. The summed E-state index contributed by atoms with van der Waals surface area (Å²) >= 11 is 6.03. The SMILES string of the molecule is CCC1(CC)C[C@H](NS(=O)(=O)c2cc(Cl)ccc2OC)c2ccccc2O1. The van der Waals surface area contributed by atoms with Crippen LogP contribution >= 0.6 is 11.6 Å². The minimum absolute atomic E-state index is 0.0278. The number of ether oxygens (including phenoxy) is 2. The molecule has 2 aromatic rings. The number of hydrogen-bond acceptors (Lipinski definition) is 4. The van der Waals surface area contributed by atoms with Crippen molar-refractivity contribution in [2.75, 3.05) is 7.11 Å². The van der Waals surface area contributed by atoms with Gasteiger partial charge in [-0.1, -0.05) is 43.6 Å². The number of fused-ring (bicyclic) bond motifs is 1. The van der Waals surface area contributed by atoms with Crippen LogP contribution in [0, 0.1) is 0 Å². The normalized spacial score (nSPS) is 18.4. The van der Waals surface area contributed by atoms with E-state index in [9.17, 15) is 8.42 Å². The quantitative estimate of drug-likeness (QED) is 0.750. The van der Waals surface area contributed by atoms with E-state index in [4.69, 9.17) is 21.1 Å². The number of methoxy groups -OCH3 is 1. The number of nitrogens with one attached hydrogen (secondary N) is 1. The summed E-state index contributed by atoms with van der Waals surface area (Å²) in [4.78, 5) is 0.0278. The van der Waals surface area contributed by atoms with Gasteiger partial charge in [0.15, 0.2) is 0 Å². The Balaban J connectivity index is 2.02. The van der Waals surface area contributed by atoms with Gasteiger partial charge < -0.3 is 9.47 Å². The van der Waals surface area contributed by atoms with Gasteiger partial charge in [-0.2, -0.15) is 0 Å². The molecule has 0 unspecified atom stereocenters. The van der Waals surface area contributed by atoms with Crippen molar-refractivity contribution in [1.29, 1.82) is 0 Å². The maximum Gasteiger partial charge on any atom is 0.244 e. The molecule has 2 aromatic carbocycles. The highest BCUT2D eigenvalue weighted by molar-refractivity contribution is 7.89. The third-order valence-electron chi connectivity index (χ3n) is 5.20. The lowest BCUT2D eigenvalue weighted by molar-refractivity contribution is 0.0260. The maximum absolute atomic E-state index is 13.1. The average Bonchev–Trinajstić information content (AvgIpc) is 2.67. The highest BCUT2D eigenvalue weighted by atomic mass is 35.5. The first-order valence-corrected chi connectivity index (χ1v) is 10.8. The summed E-state index contributed by atoms with van der Waals surface area (Å²) in [7, 11) is -2.41. The first-order valence-electron chi connectivity index (χ1n) is 8.98. The molecule has 0 bridgehead atoms. The van der Waals surface area contributed by atoms with Crippen LogP contribution in [0.1, 0.15) is 44.7 Å². The Labute approximate surface area is 165 Å². The molecule has 1 heterocycles. The van der Waals surface area contributed by atoms with Crippen LogP contribution < -0.4 is 14.2 Å². The summed E-state index contributed by atoms with van der Waals surface area (Å²) in [6, 6.07) is 11.7. The molecule has 1 aliphatic heterocycles. The summed E-state index contributed by atoms with van der Waals surface area (Å²) in [5, 5.41) is 0.333. The molecule has 0 saturated carbocycles. The fourth-order valence-corrected chi connectivity index (χ4v) is 5.16. The highest BCUT2D eigenvalue weighted by Gasteiger charge is 2.40. The van der Waals surface area contributed by atoms with E-state index in [1.54, 1.807) is 12.1 Å². The van der Waals surface area contributed by atoms with Crippen LogP contribution in [0.2, 0.25) is 5.02 Å². The molecule has 0 spiro atoms. The molecule has 0 saturated heterocycles. The lowest BCUT2D eigenvalue weighted by Crippen LogP contribution is -2.44. The van der Waals surface area contributed by atoms with E-state index in [0.717, 1.165) is 24.2 Å². The van der Waals surface area contributed by atoms with Gasteiger partial charge in [0, 0.05) is 17.0 Å². The van der Waals surface area contributed by atoms with Crippen LogP contribution in [0.25, 0.3) is 0 Å². The lowest BCUT2D eigenvalue weighted by Gasteiger charge is -2.41. The van der Waals surface area contributed by atoms with E-state index < -0.39 is 21.7 Å². The molecule has 0 aromatic heterocycles. The average molecular weight is 410 g/mol. The van der Waals surface area contributed by atoms with Gasteiger partial charge in [0.1, 0.15) is 22.0 Å². The lowest BCUT2D eigenvalue weighted by atomic mass is 9.84. The standard InChI is InChI=1S/C20H24ClNO4S/c1-4-20(5-2)13-16(15-8-6-7-9-17(15)26-20)22-27(23,24)19-12-14(21)10-11-18(19)25-3/h6-12,16,22H,4-5,13H2,1-3H3/t16-/m0/s1. The zero-order valence-electron chi connectivity index (χ0n) is 15.7. The Morgan fingerprint density at radius 1 is 1.22 bits per heavy atom. The van der Waals surface area contributed by atoms with Gasteiger partial charge in [0.05, 0.1) is 13.2 Å². The minimum Gasteiger partial charge on any atom is -0.495 e.